The van der Waals surface area contributed by atoms with Crippen molar-refractivity contribution in [2.75, 3.05) is 25.1 Å². The van der Waals surface area contributed by atoms with Crippen LogP contribution in [0.4, 0.5) is 14.9 Å². The molecule has 1 unspecified atom stereocenters. The van der Waals surface area contributed by atoms with E-state index in [1.54, 1.807) is 24.3 Å². The minimum atomic E-state index is -0.559. The molecule has 1 atom stereocenters. The molecule has 0 fully saturated rings. The molecule has 1 aromatic rings. The van der Waals surface area contributed by atoms with Crippen LogP contribution in [0.15, 0.2) is 24.3 Å². The van der Waals surface area contributed by atoms with Crippen LogP contribution in [0.25, 0.3) is 0 Å². The number of aliphatic hydroxyl groups excluding tert-OH is 1. The maximum absolute atomic E-state index is 12.0. The Bertz CT molecular complexity index is 441. The lowest BCUT2D eigenvalue weighted by atomic mass is 10.0. The van der Waals surface area contributed by atoms with Gasteiger partial charge in [0.2, 0.25) is 0 Å². The van der Waals surface area contributed by atoms with Crippen molar-refractivity contribution in [2.24, 2.45) is 5.92 Å². The third kappa shape index (κ3) is 6.94. The fourth-order valence-corrected chi connectivity index (χ4v) is 1.66. The molecule has 1 rings (SSSR count). The highest BCUT2D eigenvalue weighted by atomic mass is 19.1. The highest BCUT2D eigenvalue weighted by Crippen LogP contribution is 2.17. The van der Waals surface area contributed by atoms with E-state index in [-0.39, 0.29) is 18.6 Å². The van der Waals surface area contributed by atoms with Crippen LogP contribution in [0.5, 0.6) is 5.75 Å². The van der Waals surface area contributed by atoms with E-state index < -0.39 is 12.8 Å². The molecule has 6 heteroatoms. The number of urea groups is 1. The molecule has 118 valence electrons. The fourth-order valence-electron chi connectivity index (χ4n) is 1.66. The molecule has 0 saturated carbocycles. The van der Waals surface area contributed by atoms with E-state index in [0.29, 0.717) is 24.4 Å². The molecule has 0 radical (unpaired) electrons. The standard InChI is InChI=1S/C15H23FN2O3/c1-11(2)14(19)6-8-17-15(20)18-12-4-3-5-13(10-12)21-9-7-16/h3-5,10-11,14,19H,6-9H2,1-2H3,(H2,17,18,20). The number of hydrogen-bond donors (Lipinski definition) is 3. The summed E-state index contributed by atoms with van der Waals surface area (Å²) in [6.07, 6.45) is 0.0767. The van der Waals surface area contributed by atoms with Crippen molar-refractivity contribution in [3.05, 3.63) is 24.3 Å². The first kappa shape index (κ1) is 17.2. The number of halogens is 1. The molecule has 0 heterocycles. The van der Waals surface area contributed by atoms with Crippen molar-refractivity contribution >= 4 is 11.7 Å². The van der Waals surface area contributed by atoms with Gasteiger partial charge in [0.25, 0.3) is 0 Å². The van der Waals surface area contributed by atoms with Gasteiger partial charge in [0.05, 0.1) is 6.10 Å². The summed E-state index contributed by atoms with van der Waals surface area (Å²) in [5, 5.41) is 15.0. The van der Waals surface area contributed by atoms with E-state index in [1.807, 2.05) is 13.8 Å². The Balaban J connectivity index is 2.37. The zero-order valence-electron chi connectivity index (χ0n) is 12.4. The number of carbonyl (C=O) groups is 1. The van der Waals surface area contributed by atoms with Crippen molar-refractivity contribution < 1.29 is 19.0 Å². The van der Waals surface area contributed by atoms with E-state index in [2.05, 4.69) is 10.6 Å². The number of ether oxygens (including phenoxy) is 1. The van der Waals surface area contributed by atoms with Crippen LogP contribution >= 0.6 is 0 Å². The van der Waals surface area contributed by atoms with Crippen molar-refractivity contribution in [2.45, 2.75) is 26.4 Å². The first-order valence-electron chi connectivity index (χ1n) is 7.04. The normalized spacial score (nSPS) is 12.0. The average molecular weight is 298 g/mol. The largest absolute Gasteiger partial charge is 0.491 e. The molecule has 0 aliphatic rings. The third-order valence-electron chi connectivity index (χ3n) is 2.93. The van der Waals surface area contributed by atoms with Gasteiger partial charge in [0, 0.05) is 18.3 Å². The maximum atomic E-state index is 12.0. The van der Waals surface area contributed by atoms with Gasteiger partial charge in [0.1, 0.15) is 19.0 Å². The second-order valence-electron chi connectivity index (χ2n) is 5.05. The summed E-state index contributed by atoms with van der Waals surface area (Å²) in [4.78, 5) is 11.7. The average Bonchev–Trinajstić information content (AvgIpc) is 2.45. The number of hydrogen-bond acceptors (Lipinski definition) is 3. The number of carbonyl (C=O) groups excluding carboxylic acids is 1. The van der Waals surface area contributed by atoms with Crippen LogP contribution in [0, 0.1) is 5.92 Å². The van der Waals surface area contributed by atoms with Crippen LogP contribution < -0.4 is 15.4 Å². The van der Waals surface area contributed by atoms with Gasteiger partial charge in [-0.2, -0.15) is 0 Å². The summed E-state index contributed by atoms with van der Waals surface area (Å²) in [6, 6.07) is 6.39. The Hall–Kier alpha value is -1.82. The fraction of sp³-hybridized carbons (Fsp3) is 0.533. The number of aliphatic hydroxyl groups is 1. The molecule has 0 spiro atoms. The quantitative estimate of drug-likeness (QED) is 0.691. The number of alkyl halides is 1. The second-order valence-corrected chi connectivity index (χ2v) is 5.05. The Kier molecular flexibility index (Phi) is 7.53. The first-order valence-corrected chi connectivity index (χ1v) is 7.04. The minimum absolute atomic E-state index is 0.0112. The molecule has 0 bridgehead atoms. The molecule has 3 N–H and O–H groups in total. The van der Waals surface area contributed by atoms with Gasteiger partial charge in [-0.25, -0.2) is 9.18 Å². The van der Waals surface area contributed by atoms with Crippen LogP contribution in [0.2, 0.25) is 0 Å². The van der Waals surface area contributed by atoms with Gasteiger partial charge in [-0.15, -0.1) is 0 Å². The van der Waals surface area contributed by atoms with Gasteiger partial charge in [-0.05, 0) is 24.5 Å². The van der Waals surface area contributed by atoms with E-state index >= 15 is 0 Å². The van der Waals surface area contributed by atoms with E-state index in [9.17, 15) is 14.3 Å². The smallest absolute Gasteiger partial charge is 0.319 e. The lowest BCUT2D eigenvalue weighted by Crippen LogP contribution is -2.32. The Morgan fingerprint density at radius 1 is 1.43 bits per heavy atom. The first-order chi connectivity index (χ1) is 10.0. The summed E-state index contributed by atoms with van der Waals surface area (Å²) < 4.78 is 17.2. The van der Waals surface area contributed by atoms with Gasteiger partial charge >= 0.3 is 6.03 Å². The van der Waals surface area contributed by atoms with Gasteiger partial charge in [0.15, 0.2) is 0 Å². The number of nitrogens with one attached hydrogen (secondary N) is 2. The van der Waals surface area contributed by atoms with Gasteiger partial charge in [-0.3, -0.25) is 0 Å². The van der Waals surface area contributed by atoms with Crippen molar-refractivity contribution in [3.8, 4) is 5.75 Å². The summed E-state index contributed by atoms with van der Waals surface area (Å²) in [7, 11) is 0. The lowest BCUT2D eigenvalue weighted by molar-refractivity contribution is 0.117. The molecule has 1 aromatic carbocycles. The highest BCUT2D eigenvalue weighted by molar-refractivity contribution is 5.89. The van der Waals surface area contributed by atoms with Crippen molar-refractivity contribution in [1.29, 1.82) is 0 Å². The van der Waals surface area contributed by atoms with Crippen LogP contribution in [-0.4, -0.2) is 37.1 Å². The zero-order valence-corrected chi connectivity index (χ0v) is 12.4. The molecule has 0 aliphatic carbocycles. The lowest BCUT2D eigenvalue weighted by Gasteiger charge is -2.15. The third-order valence-corrected chi connectivity index (χ3v) is 2.93. The van der Waals surface area contributed by atoms with Crippen LogP contribution in [0.3, 0.4) is 0 Å². The Morgan fingerprint density at radius 2 is 2.19 bits per heavy atom. The van der Waals surface area contributed by atoms with Gasteiger partial charge in [-0.1, -0.05) is 19.9 Å². The maximum Gasteiger partial charge on any atom is 0.319 e. The van der Waals surface area contributed by atoms with Crippen LogP contribution in [-0.2, 0) is 0 Å². The zero-order chi connectivity index (χ0) is 15.7. The van der Waals surface area contributed by atoms with Crippen molar-refractivity contribution in [3.63, 3.8) is 0 Å². The molecule has 0 saturated heterocycles. The second kappa shape index (κ2) is 9.18. The summed E-state index contributed by atoms with van der Waals surface area (Å²) in [5.41, 5.74) is 0.563. The topological polar surface area (TPSA) is 70.6 Å². The predicted octanol–water partition coefficient (Wildman–Crippen LogP) is 2.56. The summed E-state index contributed by atoms with van der Waals surface area (Å²) in [5.74, 6) is 0.667. The SMILES string of the molecule is CC(C)C(O)CCNC(=O)Nc1cccc(OCCF)c1. The highest BCUT2D eigenvalue weighted by Gasteiger charge is 2.09. The molecule has 5 nitrogen and oxygen atoms in total. The number of amides is 2. The monoisotopic (exact) mass is 298 g/mol. The number of benzene rings is 1. The van der Waals surface area contributed by atoms with E-state index in [1.165, 1.54) is 0 Å². The van der Waals surface area contributed by atoms with Crippen LogP contribution in [0.1, 0.15) is 20.3 Å². The van der Waals surface area contributed by atoms with E-state index in [4.69, 9.17) is 4.74 Å². The van der Waals surface area contributed by atoms with Gasteiger partial charge < -0.3 is 20.5 Å². The van der Waals surface area contributed by atoms with Crippen molar-refractivity contribution in [1.82, 2.24) is 5.32 Å². The molecule has 2 amide bonds. The molecule has 21 heavy (non-hydrogen) atoms. The molecule has 0 aliphatic heterocycles. The molecular weight excluding hydrogens is 275 g/mol. The molecular formula is C15H23FN2O3. The Morgan fingerprint density at radius 3 is 2.86 bits per heavy atom. The predicted molar refractivity (Wildman–Crippen MR) is 80.4 cm³/mol. The van der Waals surface area contributed by atoms with E-state index in [0.717, 1.165) is 0 Å². The minimum Gasteiger partial charge on any atom is -0.491 e. The number of rotatable bonds is 8. The summed E-state index contributed by atoms with van der Waals surface area (Å²) in [6.45, 7) is 3.67. The molecule has 0 aromatic heterocycles. The Labute approximate surface area is 124 Å². The summed E-state index contributed by atoms with van der Waals surface area (Å²) >= 11 is 0. The number of anilines is 1.